The lowest BCUT2D eigenvalue weighted by molar-refractivity contribution is 0.0916. The van der Waals surface area contributed by atoms with Gasteiger partial charge in [-0.2, -0.15) is 0 Å². The molecule has 5 nitrogen and oxygen atoms in total. The largest absolute Gasteiger partial charge is 0.449 e. The van der Waals surface area contributed by atoms with Gasteiger partial charge < -0.3 is 20.1 Å². The van der Waals surface area contributed by atoms with Gasteiger partial charge in [-0.25, -0.2) is 4.79 Å². The van der Waals surface area contributed by atoms with Crippen LogP contribution in [-0.2, 0) is 4.74 Å². The molecule has 1 amide bonds. The number of hydrogen-bond donors (Lipinski definition) is 2. The van der Waals surface area contributed by atoms with Crippen molar-refractivity contribution < 1.29 is 14.6 Å². The predicted octanol–water partition coefficient (Wildman–Crippen LogP) is -0.589. The maximum atomic E-state index is 11.3. The fourth-order valence-electron chi connectivity index (χ4n) is 1.16. The van der Waals surface area contributed by atoms with Gasteiger partial charge in [0.1, 0.15) is 0 Å². The highest BCUT2D eigenvalue weighted by Gasteiger charge is 2.16. The summed E-state index contributed by atoms with van der Waals surface area (Å²) in [5, 5.41) is 11.6. The van der Waals surface area contributed by atoms with E-state index in [9.17, 15) is 4.79 Å². The number of carbonyl (C=O) groups excluding carboxylic acids is 1. The zero-order valence-electron chi connectivity index (χ0n) is 7.66. The molecule has 1 saturated heterocycles. The van der Waals surface area contributed by atoms with Crippen molar-refractivity contribution in [3.63, 3.8) is 0 Å². The van der Waals surface area contributed by atoms with Crippen LogP contribution in [0.25, 0.3) is 0 Å². The highest BCUT2D eigenvalue weighted by Crippen LogP contribution is 1.96. The molecule has 2 N–H and O–H groups in total. The third-order valence-electron chi connectivity index (χ3n) is 1.90. The van der Waals surface area contributed by atoms with E-state index in [1.54, 1.807) is 4.90 Å². The van der Waals surface area contributed by atoms with Crippen molar-refractivity contribution in [1.82, 2.24) is 10.2 Å². The fourth-order valence-corrected chi connectivity index (χ4v) is 1.16. The van der Waals surface area contributed by atoms with E-state index in [1.807, 2.05) is 0 Å². The van der Waals surface area contributed by atoms with E-state index >= 15 is 0 Å². The molecule has 0 radical (unpaired) electrons. The number of piperazine rings is 1. The highest BCUT2D eigenvalue weighted by atomic mass is 16.6. The van der Waals surface area contributed by atoms with Gasteiger partial charge in [0.2, 0.25) is 0 Å². The first kappa shape index (κ1) is 10.3. The molecular weight excluding hydrogens is 172 g/mol. The Hall–Kier alpha value is -0.810. The Kier molecular flexibility index (Phi) is 4.56. The average molecular weight is 188 g/mol. The SMILES string of the molecule is O=C(OCCCO)N1CCNCC1. The van der Waals surface area contributed by atoms with Crippen LogP contribution in [0.2, 0.25) is 0 Å². The van der Waals surface area contributed by atoms with Gasteiger partial charge >= 0.3 is 6.09 Å². The van der Waals surface area contributed by atoms with Crippen molar-refractivity contribution in [3.05, 3.63) is 0 Å². The molecule has 1 rings (SSSR count). The summed E-state index contributed by atoms with van der Waals surface area (Å²) in [6, 6.07) is 0. The van der Waals surface area contributed by atoms with E-state index in [2.05, 4.69) is 5.32 Å². The van der Waals surface area contributed by atoms with Gasteiger partial charge in [0.25, 0.3) is 0 Å². The van der Waals surface area contributed by atoms with Gasteiger partial charge in [-0.15, -0.1) is 0 Å². The minimum atomic E-state index is -0.269. The molecule has 1 aliphatic heterocycles. The van der Waals surface area contributed by atoms with E-state index in [0.717, 1.165) is 13.1 Å². The van der Waals surface area contributed by atoms with E-state index in [1.165, 1.54) is 0 Å². The minimum absolute atomic E-state index is 0.0643. The van der Waals surface area contributed by atoms with Crippen LogP contribution in [0.5, 0.6) is 0 Å². The van der Waals surface area contributed by atoms with Crippen molar-refractivity contribution >= 4 is 6.09 Å². The normalized spacial score (nSPS) is 17.2. The van der Waals surface area contributed by atoms with Crippen LogP contribution in [0.4, 0.5) is 4.79 Å². The lowest BCUT2D eigenvalue weighted by Crippen LogP contribution is -2.46. The number of aliphatic hydroxyl groups is 1. The summed E-state index contributed by atoms with van der Waals surface area (Å²) in [5.41, 5.74) is 0. The summed E-state index contributed by atoms with van der Waals surface area (Å²) in [6.45, 7) is 3.44. The first-order valence-electron chi connectivity index (χ1n) is 4.58. The van der Waals surface area contributed by atoms with Crippen LogP contribution in [0.1, 0.15) is 6.42 Å². The molecule has 0 bridgehead atoms. The Morgan fingerprint density at radius 1 is 1.46 bits per heavy atom. The highest BCUT2D eigenvalue weighted by molar-refractivity contribution is 5.67. The van der Waals surface area contributed by atoms with Crippen molar-refractivity contribution in [1.29, 1.82) is 0 Å². The minimum Gasteiger partial charge on any atom is -0.449 e. The van der Waals surface area contributed by atoms with Gasteiger partial charge in [-0.1, -0.05) is 0 Å². The number of nitrogens with zero attached hydrogens (tertiary/aromatic N) is 1. The Bertz CT molecular complexity index is 157. The maximum absolute atomic E-state index is 11.3. The number of nitrogens with one attached hydrogen (secondary N) is 1. The van der Waals surface area contributed by atoms with E-state index in [0.29, 0.717) is 26.1 Å². The monoisotopic (exact) mass is 188 g/mol. The molecule has 0 spiro atoms. The van der Waals surface area contributed by atoms with E-state index < -0.39 is 0 Å². The molecule has 0 aromatic rings. The molecule has 0 atom stereocenters. The summed E-state index contributed by atoms with van der Waals surface area (Å²) in [4.78, 5) is 12.9. The number of hydrogen-bond acceptors (Lipinski definition) is 4. The van der Waals surface area contributed by atoms with Gasteiger partial charge in [0.05, 0.1) is 6.61 Å². The van der Waals surface area contributed by atoms with Gasteiger partial charge in [0.15, 0.2) is 0 Å². The lowest BCUT2D eigenvalue weighted by atomic mass is 10.4. The zero-order valence-corrected chi connectivity index (χ0v) is 7.66. The molecule has 0 unspecified atom stereocenters. The lowest BCUT2D eigenvalue weighted by Gasteiger charge is -2.26. The number of carbonyl (C=O) groups is 1. The Morgan fingerprint density at radius 2 is 2.15 bits per heavy atom. The Labute approximate surface area is 77.7 Å². The molecule has 0 saturated carbocycles. The van der Waals surface area contributed by atoms with Crippen LogP contribution >= 0.6 is 0 Å². The second-order valence-corrected chi connectivity index (χ2v) is 2.93. The van der Waals surface area contributed by atoms with Crippen LogP contribution in [-0.4, -0.2) is 55.5 Å². The van der Waals surface area contributed by atoms with Crippen molar-refractivity contribution in [3.8, 4) is 0 Å². The standard InChI is InChI=1S/C8H16N2O3/c11-6-1-7-13-8(12)10-4-2-9-3-5-10/h9,11H,1-7H2. The first-order chi connectivity index (χ1) is 6.34. The number of rotatable bonds is 3. The summed E-state index contributed by atoms with van der Waals surface area (Å²) in [6.07, 6.45) is 0.243. The third kappa shape index (κ3) is 3.61. The summed E-state index contributed by atoms with van der Waals surface area (Å²) in [5.74, 6) is 0. The summed E-state index contributed by atoms with van der Waals surface area (Å²) in [7, 11) is 0. The molecule has 0 aromatic heterocycles. The molecule has 0 aliphatic carbocycles. The van der Waals surface area contributed by atoms with Crippen LogP contribution in [0, 0.1) is 0 Å². The second kappa shape index (κ2) is 5.77. The molecule has 0 aromatic carbocycles. The van der Waals surface area contributed by atoms with Crippen molar-refractivity contribution in [2.75, 3.05) is 39.4 Å². The third-order valence-corrected chi connectivity index (χ3v) is 1.90. The number of ether oxygens (including phenoxy) is 1. The molecule has 1 heterocycles. The molecule has 5 heteroatoms. The maximum Gasteiger partial charge on any atom is 0.409 e. The topological polar surface area (TPSA) is 61.8 Å². The molecule has 1 aliphatic rings. The molecule has 13 heavy (non-hydrogen) atoms. The van der Waals surface area contributed by atoms with Gasteiger partial charge in [-0.3, -0.25) is 0 Å². The van der Waals surface area contributed by atoms with Crippen LogP contribution in [0.15, 0.2) is 0 Å². The summed E-state index contributed by atoms with van der Waals surface area (Å²) >= 11 is 0. The Balaban J connectivity index is 2.13. The predicted molar refractivity (Wildman–Crippen MR) is 47.5 cm³/mol. The fraction of sp³-hybridized carbons (Fsp3) is 0.875. The summed E-state index contributed by atoms with van der Waals surface area (Å²) < 4.78 is 4.92. The van der Waals surface area contributed by atoms with Crippen LogP contribution in [0.3, 0.4) is 0 Å². The van der Waals surface area contributed by atoms with E-state index in [4.69, 9.17) is 9.84 Å². The van der Waals surface area contributed by atoms with Gasteiger partial charge in [0, 0.05) is 39.2 Å². The smallest absolute Gasteiger partial charge is 0.409 e. The quantitative estimate of drug-likeness (QED) is 0.581. The molecular formula is C8H16N2O3. The van der Waals surface area contributed by atoms with Gasteiger partial charge in [-0.05, 0) is 0 Å². The zero-order chi connectivity index (χ0) is 9.52. The average Bonchev–Trinajstić information content (AvgIpc) is 2.19. The molecule has 1 fully saturated rings. The number of amides is 1. The second-order valence-electron chi connectivity index (χ2n) is 2.93. The Morgan fingerprint density at radius 3 is 2.77 bits per heavy atom. The van der Waals surface area contributed by atoms with E-state index in [-0.39, 0.29) is 12.7 Å². The first-order valence-corrected chi connectivity index (χ1v) is 4.58. The van der Waals surface area contributed by atoms with Crippen molar-refractivity contribution in [2.45, 2.75) is 6.42 Å². The molecule has 76 valence electrons. The number of aliphatic hydroxyl groups excluding tert-OH is 1. The van der Waals surface area contributed by atoms with Crippen molar-refractivity contribution in [2.24, 2.45) is 0 Å². The van der Waals surface area contributed by atoms with Crippen LogP contribution < -0.4 is 5.32 Å².